The molecule has 5 heteroatoms. The van der Waals surface area contributed by atoms with Gasteiger partial charge in [0, 0.05) is 21.1 Å². The van der Waals surface area contributed by atoms with Gasteiger partial charge in [-0.25, -0.2) is 0 Å². The molecule has 0 aliphatic rings. The number of rotatable bonds is 5. The maximum absolute atomic E-state index is 6.01. The van der Waals surface area contributed by atoms with Gasteiger partial charge in [0.25, 0.3) is 0 Å². The molecule has 106 valence electrons. The van der Waals surface area contributed by atoms with Crippen LogP contribution < -0.4 is 9.47 Å². The highest BCUT2D eigenvalue weighted by Crippen LogP contribution is 2.36. The Bertz CT molecular complexity index is 560. The van der Waals surface area contributed by atoms with Crippen LogP contribution in [0.1, 0.15) is 11.1 Å². The van der Waals surface area contributed by atoms with Gasteiger partial charge in [-0.1, -0.05) is 39.7 Å². The fourth-order valence-electron chi connectivity index (χ4n) is 1.77. The molecule has 0 aliphatic heterocycles. The molecule has 0 N–H and O–H groups in total. The summed E-state index contributed by atoms with van der Waals surface area (Å²) in [5.41, 5.74) is 1.87. The summed E-state index contributed by atoms with van der Waals surface area (Å²) in [6.07, 6.45) is 0. The summed E-state index contributed by atoms with van der Waals surface area (Å²) in [5.74, 6) is 1.53. The van der Waals surface area contributed by atoms with Crippen molar-refractivity contribution in [3.05, 3.63) is 57.0 Å². The van der Waals surface area contributed by atoms with Crippen LogP contribution in [0.15, 0.2) is 40.9 Å². The molecule has 0 saturated carbocycles. The average molecular weight is 376 g/mol. The third kappa shape index (κ3) is 3.81. The maximum Gasteiger partial charge on any atom is 0.166 e. The maximum atomic E-state index is 6.01. The molecule has 0 aliphatic carbocycles. The second-order valence-corrected chi connectivity index (χ2v) is 5.76. The Morgan fingerprint density at radius 3 is 2.45 bits per heavy atom. The van der Waals surface area contributed by atoms with Gasteiger partial charge >= 0.3 is 0 Å². The highest BCUT2D eigenvalue weighted by molar-refractivity contribution is 9.10. The monoisotopic (exact) mass is 374 g/mol. The average Bonchev–Trinajstić information content (AvgIpc) is 2.46. The van der Waals surface area contributed by atoms with Gasteiger partial charge in [0.1, 0.15) is 6.61 Å². The van der Waals surface area contributed by atoms with E-state index in [-0.39, 0.29) is 0 Å². The van der Waals surface area contributed by atoms with E-state index in [1.807, 2.05) is 24.3 Å². The molecule has 20 heavy (non-hydrogen) atoms. The Kier molecular flexibility index (Phi) is 5.58. The predicted molar refractivity (Wildman–Crippen MR) is 86.0 cm³/mol. The van der Waals surface area contributed by atoms with Gasteiger partial charge in [-0.3, -0.25) is 0 Å². The SMILES string of the molecule is COc1cc(Cl)cc(CCl)c1OCc1ccc(Br)cc1. The number of halogens is 3. The van der Waals surface area contributed by atoms with E-state index in [1.54, 1.807) is 19.2 Å². The van der Waals surface area contributed by atoms with Crippen LogP contribution in [0.3, 0.4) is 0 Å². The highest BCUT2D eigenvalue weighted by Gasteiger charge is 2.12. The molecule has 0 aromatic heterocycles. The Morgan fingerprint density at radius 1 is 1.15 bits per heavy atom. The molecule has 2 aromatic carbocycles. The van der Waals surface area contributed by atoms with Crippen LogP contribution in [0.4, 0.5) is 0 Å². The molecule has 0 saturated heterocycles. The van der Waals surface area contributed by atoms with Gasteiger partial charge in [-0.05, 0) is 23.8 Å². The molecule has 0 bridgehead atoms. The molecule has 0 heterocycles. The van der Waals surface area contributed by atoms with E-state index in [0.717, 1.165) is 15.6 Å². The third-order valence-electron chi connectivity index (χ3n) is 2.76. The van der Waals surface area contributed by atoms with Gasteiger partial charge in [0.05, 0.1) is 13.0 Å². The fraction of sp³-hybridized carbons (Fsp3) is 0.200. The van der Waals surface area contributed by atoms with Crippen molar-refractivity contribution in [2.75, 3.05) is 7.11 Å². The zero-order valence-electron chi connectivity index (χ0n) is 10.8. The van der Waals surface area contributed by atoms with Crippen molar-refractivity contribution in [3.63, 3.8) is 0 Å². The first-order chi connectivity index (χ1) is 9.63. The molecule has 0 atom stereocenters. The van der Waals surface area contributed by atoms with E-state index in [2.05, 4.69) is 15.9 Å². The number of ether oxygens (including phenoxy) is 2. The first kappa shape index (κ1) is 15.5. The number of hydrogen-bond donors (Lipinski definition) is 0. The summed E-state index contributed by atoms with van der Waals surface area (Å²) in [4.78, 5) is 0. The summed E-state index contributed by atoms with van der Waals surface area (Å²) < 4.78 is 12.2. The molecule has 2 aromatic rings. The highest BCUT2D eigenvalue weighted by atomic mass is 79.9. The van der Waals surface area contributed by atoms with E-state index < -0.39 is 0 Å². The Labute approximate surface area is 136 Å². The van der Waals surface area contributed by atoms with Crippen LogP contribution in [0.5, 0.6) is 11.5 Å². The summed E-state index contributed by atoms with van der Waals surface area (Å²) in [5, 5.41) is 0.577. The van der Waals surface area contributed by atoms with Crippen molar-refractivity contribution in [1.29, 1.82) is 0 Å². The summed E-state index contributed by atoms with van der Waals surface area (Å²) >= 11 is 15.4. The van der Waals surface area contributed by atoms with E-state index in [1.165, 1.54) is 0 Å². The molecule has 0 spiro atoms. The second kappa shape index (κ2) is 7.21. The Hall–Kier alpha value is -0.900. The van der Waals surface area contributed by atoms with E-state index in [4.69, 9.17) is 32.7 Å². The van der Waals surface area contributed by atoms with Gasteiger partial charge < -0.3 is 9.47 Å². The van der Waals surface area contributed by atoms with Crippen molar-refractivity contribution in [1.82, 2.24) is 0 Å². The molecular weight excluding hydrogens is 363 g/mol. The number of methoxy groups -OCH3 is 1. The lowest BCUT2D eigenvalue weighted by atomic mass is 10.2. The minimum Gasteiger partial charge on any atom is -0.493 e. The standard InChI is InChI=1S/C15H13BrCl2O2/c1-19-14-7-13(18)6-11(8-17)15(14)20-9-10-2-4-12(16)5-3-10/h2-7H,8-9H2,1H3. The lowest BCUT2D eigenvalue weighted by Crippen LogP contribution is -2.00. The van der Waals surface area contributed by atoms with Crippen LogP contribution in [-0.2, 0) is 12.5 Å². The van der Waals surface area contributed by atoms with Gasteiger partial charge in [-0.15, -0.1) is 11.6 Å². The summed E-state index contributed by atoms with van der Waals surface area (Å²) in [6.45, 7) is 0.440. The molecule has 0 amide bonds. The van der Waals surface area contributed by atoms with Gasteiger partial charge in [0.2, 0.25) is 0 Å². The minimum absolute atomic E-state index is 0.312. The Morgan fingerprint density at radius 2 is 1.85 bits per heavy atom. The lowest BCUT2D eigenvalue weighted by Gasteiger charge is -2.14. The first-order valence-electron chi connectivity index (χ1n) is 5.93. The first-order valence-corrected chi connectivity index (χ1v) is 7.64. The predicted octanol–water partition coefficient (Wildman–Crippen LogP) is 5.43. The van der Waals surface area contributed by atoms with Crippen molar-refractivity contribution in [2.24, 2.45) is 0 Å². The normalized spacial score (nSPS) is 10.4. The molecule has 2 rings (SSSR count). The van der Waals surface area contributed by atoms with Crippen LogP contribution in [0.2, 0.25) is 5.02 Å². The van der Waals surface area contributed by atoms with E-state index in [9.17, 15) is 0 Å². The van der Waals surface area contributed by atoms with Crippen molar-refractivity contribution < 1.29 is 9.47 Å². The molecule has 2 nitrogen and oxygen atoms in total. The summed E-state index contributed by atoms with van der Waals surface area (Å²) in [6, 6.07) is 11.4. The van der Waals surface area contributed by atoms with Gasteiger partial charge in [0.15, 0.2) is 11.5 Å². The second-order valence-electron chi connectivity index (χ2n) is 4.15. The fourth-order valence-corrected chi connectivity index (χ4v) is 2.47. The molecule has 0 fully saturated rings. The Balaban J connectivity index is 2.21. The molecule has 0 radical (unpaired) electrons. The number of hydrogen-bond acceptors (Lipinski definition) is 2. The van der Waals surface area contributed by atoms with Crippen LogP contribution in [0.25, 0.3) is 0 Å². The third-order valence-corrected chi connectivity index (χ3v) is 3.79. The topological polar surface area (TPSA) is 18.5 Å². The van der Waals surface area contributed by atoms with E-state index >= 15 is 0 Å². The van der Waals surface area contributed by atoms with Crippen molar-refractivity contribution >= 4 is 39.1 Å². The van der Waals surface area contributed by atoms with Crippen LogP contribution in [0, 0.1) is 0 Å². The largest absolute Gasteiger partial charge is 0.493 e. The van der Waals surface area contributed by atoms with Crippen LogP contribution >= 0.6 is 39.1 Å². The zero-order valence-corrected chi connectivity index (χ0v) is 13.9. The van der Waals surface area contributed by atoms with Crippen molar-refractivity contribution in [3.8, 4) is 11.5 Å². The van der Waals surface area contributed by atoms with E-state index in [0.29, 0.717) is 29.0 Å². The van der Waals surface area contributed by atoms with Crippen LogP contribution in [-0.4, -0.2) is 7.11 Å². The van der Waals surface area contributed by atoms with Gasteiger partial charge in [-0.2, -0.15) is 0 Å². The number of alkyl halides is 1. The molecule has 0 unspecified atom stereocenters. The van der Waals surface area contributed by atoms with Crippen molar-refractivity contribution in [2.45, 2.75) is 12.5 Å². The summed E-state index contributed by atoms with van der Waals surface area (Å²) in [7, 11) is 1.58. The zero-order chi connectivity index (χ0) is 14.5. The lowest BCUT2D eigenvalue weighted by molar-refractivity contribution is 0.282. The number of benzene rings is 2. The minimum atomic E-state index is 0.312. The molecular formula is C15H13BrCl2O2. The quantitative estimate of drug-likeness (QED) is 0.648. The smallest absolute Gasteiger partial charge is 0.166 e.